The van der Waals surface area contributed by atoms with Crippen LogP contribution in [0.5, 0.6) is 0 Å². The van der Waals surface area contributed by atoms with Crippen LogP contribution in [-0.2, 0) is 4.79 Å². The molecule has 164 valence electrons. The molecule has 3 aromatic rings. The maximum atomic E-state index is 13.5. The first kappa shape index (κ1) is 21.8. The summed E-state index contributed by atoms with van der Waals surface area (Å²) < 4.78 is 0. The zero-order valence-electron chi connectivity index (χ0n) is 18.5. The van der Waals surface area contributed by atoms with Gasteiger partial charge in [-0.15, -0.1) is 0 Å². The van der Waals surface area contributed by atoms with Crippen molar-refractivity contribution in [1.82, 2.24) is 10.2 Å². The van der Waals surface area contributed by atoms with Crippen LogP contribution in [0.1, 0.15) is 52.2 Å². The molecular weight excluding hydrogens is 396 g/mol. The first-order valence-electron chi connectivity index (χ1n) is 11.4. The fourth-order valence-corrected chi connectivity index (χ4v) is 4.40. The van der Waals surface area contributed by atoms with Crippen molar-refractivity contribution < 1.29 is 9.59 Å². The van der Waals surface area contributed by atoms with Crippen molar-refractivity contribution >= 4 is 11.8 Å². The summed E-state index contributed by atoms with van der Waals surface area (Å²) in [5.41, 5.74) is 3.95. The van der Waals surface area contributed by atoms with E-state index in [0.29, 0.717) is 12.0 Å². The summed E-state index contributed by atoms with van der Waals surface area (Å²) in [7, 11) is 0. The molecular formula is C28H30N2O2. The van der Waals surface area contributed by atoms with Crippen molar-refractivity contribution in [3.05, 3.63) is 107 Å². The summed E-state index contributed by atoms with van der Waals surface area (Å²) in [5.74, 6) is -0.186. The van der Waals surface area contributed by atoms with E-state index in [-0.39, 0.29) is 17.7 Å². The Morgan fingerprint density at radius 1 is 0.812 bits per heavy atom. The molecule has 1 N–H and O–H groups in total. The molecule has 32 heavy (non-hydrogen) atoms. The molecule has 0 aliphatic carbocycles. The number of likely N-dealkylation sites (tertiary alicyclic amines) is 1. The van der Waals surface area contributed by atoms with Crippen LogP contribution >= 0.6 is 0 Å². The Bertz CT molecular complexity index is 987. The third-order valence-corrected chi connectivity index (χ3v) is 6.21. The SMILES string of the molecule is Cc1ccc(C(=O)NC(CC(c2ccccc2)c2ccccc2)C(=O)N2CCCC2)cc1. The van der Waals surface area contributed by atoms with Gasteiger partial charge in [0.2, 0.25) is 5.91 Å². The van der Waals surface area contributed by atoms with E-state index in [4.69, 9.17) is 0 Å². The van der Waals surface area contributed by atoms with Gasteiger partial charge < -0.3 is 10.2 Å². The summed E-state index contributed by atoms with van der Waals surface area (Å²) in [4.78, 5) is 28.4. The van der Waals surface area contributed by atoms with E-state index >= 15 is 0 Å². The topological polar surface area (TPSA) is 49.4 Å². The third kappa shape index (κ3) is 5.25. The van der Waals surface area contributed by atoms with Gasteiger partial charge in [0.15, 0.2) is 0 Å². The second kappa shape index (κ2) is 10.3. The van der Waals surface area contributed by atoms with Gasteiger partial charge in [-0.3, -0.25) is 9.59 Å². The zero-order valence-corrected chi connectivity index (χ0v) is 18.5. The maximum absolute atomic E-state index is 13.5. The molecule has 0 aromatic heterocycles. The number of nitrogens with zero attached hydrogens (tertiary/aromatic N) is 1. The van der Waals surface area contributed by atoms with E-state index in [1.54, 1.807) is 0 Å². The average molecular weight is 427 g/mol. The lowest BCUT2D eigenvalue weighted by Gasteiger charge is -2.28. The van der Waals surface area contributed by atoms with E-state index in [9.17, 15) is 9.59 Å². The number of hydrogen-bond acceptors (Lipinski definition) is 2. The molecule has 1 heterocycles. The van der Waals surface area contributed by atoms with E-state index in [0.717, 1.165) is 42.6 Å². The van der Waals surface area contributed by atoms with Gasteiger partial charge in [-0.25, -0.2) is 0 Å². The van der Waals surface area contributed by atoms with Gasteiger partial charge in [0.05, 0.1) is 0 Å². The smallest absolute Gasteiger partial charge is 0.251 e. The van der Waals surface area contributed by atoms with Gasteiger partial charge in [-0.1, -0.05) is 78.4 Å². The van der Waals surface area contributed by atoms with Crippen LogP contribution in [0.25, 0.3) is 0 Å². The highest BCUT2D eigenvalue weighted by Gasteiger charge is 2.31. The van der Waals surface area contributed by atoms with Crippen molar-refractivity contribution in [3.63, 3.8) is 0 Å². The summed E-state index contributed by atoms with van der Waals surface area (Å²) in [6, 6.07) is 27.3. The Balaban J connectivity index is 1.63. The Hall–Kier alpha value is -3.40. The van der Waals surface area contributed by atoms with E-state index in [2.05, 4.69) is 29.6 Å². The maximum Gasteiger partial charge on any atom is 0.251 e. The lowest BCUT2D eigenvalue weighted by molar-refractivity contribution is -0.132. The predicted molar refractivity (Wildman–Crippen MR) is 128 cm³/mol. The number of carbonyl (C=O) groups excluding carboxylic acids is 2. The van der Waals surface area contributed by atoms with Crippen LogP contribution in [0, 0.1) is 6.92 Å². The molecule has 1 aliphatic heterocycles. The van der Waals surface area contributed by atoms with Crippen LogP contribution < -0.4 is 5.32 Å². The molecule has 1 saturated heterocycles. The minimum atomic E-state index is -0.590. The van der Waals surface area contributed by atoms with Gasteiger partial charge >= 0.3 is 0 Å². The molecule has 0 spiro atoms. The molecule has 1 unspecified atom stereocenters. The number of rotatable bonds is 7. The third-order valence-electron chi connectivity index (χ3n) is 6.21. The predicted octanol–water partition coefficient (Wildman–Crippen LogP) is 4.94. The number of benzene rings is 3. The number of carbonyl (C=O) groups is 2. The quantitative estimate of drug-likeness (QED) is 0.582. The fourth-order valence-electron chi connectivity index (χ4n) is 4.40. The van der Waals surface area contributed by atoms with Gasteiger partial charge in [0.25, 0.3) is 5.91 Å². The molecule has 3 aromatic carbocycles. The number of amides is 2. The number of nitrogens with one attached hydrogen (secondary N) is 1. The normalized spacial score (nSPS) is 14.4. The second-order valence-electron chi connectivity index (χ2n) is 8.53. The average Bonchev–Trinajstić information content (AvgIpc) is 3.38. The van der Waals surface area contributed by atoms with Crippen molar-refractivity contribution in [3.8, 4) is 0 Å². The van der Waals surface area contributed by atoms with E-state index in [1.807, 2.05) is 72.5 Å². The second-order valence-corrected chi connectivity index (χ2v) is 8.53. The number of aryl methyl sites for hydroxylation is 1. The van der Waals surface area contributed by atoms with Crippen molar-refractivity contribution in [2.45, 2.75) is 38.1 Å². The summed E-state index contributed by atoms with van der Waals surface area (Å²) in [6.45, 7) is 3.51. The van der Waals surface area contributed by atoms with Crippen LogP contribution in [0.15, 0.2) is 84.9 Å². The van der Waals surface area contributed by atoms with E-state index in [1.165, 1.54) is 0 Å². The molecule has 0 bridgehead atoms. The first-order valence-corrected chi connectivity index (χ1v) is 11.4. The lowest BCUT2D eigenvalue weighted by atomic mass is 9.85. The van der Waals surface area contributed by atoms with Gasteiger partial charge in [-0.05, 0) is 49.4 Å². The lowest BCUT2D eigenvalue weighted by Crippen LogP contribution is -2.48. The van der Waals surface area contributed by atoms with Gasteiger partial charge in [0, 0.05) is 24.6 Å². The summed E-state index contributed by atoms with van der Waals surface area (Å²) >= 11 is 0. The Morgan fingerprint density at radius 3 is 1.88 bits per heavy atom. The molecule has 1 atom stereocenters. The zero-order chi connectivity index (χ0) is 22.3. The highest BCUT2D eigenvalue weighted by molar-refractivity contribution is 5.97. The molecule has 4 nitrogen and oxygen atoms in total. The Labute approximate surface area is 190 Å². The Morgan fingerprint density at radius 2 is 1.34 bits per heavy atom. The van der Waals surface area contributed by atoms with Crippen LogP contribution in [0.4, 0.5) is 0 Å². The summed E-state index contributed by atoms with van der Waals surface area (Å²) in [6.07, 6.45) is 2.55. The highest BCUT2D eigenvalue weighted by atomic mass is 16.2. The molecule has 0 radical (unpaired) electrons. The van der Waals surface area contributed by atoms with Crippen molar-refractivity contribution in [2.24, 2.45) is 0 Å². The van der Waals surface area contributed by atoms with E-state index < -0.39 is 6.04 Å². The van der Waals surface area contributed by atoms with Gasteiger partial charge in [-0.2, -0.15) is 0 Å². The Kier molecular flexibility index (Phi) is 7.00. The van der Waals surface area contributed by atoms with Crippen LogP contribution in [0.2, 0.25) is 0 Å². The highest BCUT2D eigenvalue weighted by Crippen LogP contribution is 2.30. The fraction of sp³-hybridized carbons (Fsp3) is 0.286. The minimum Gasteiger partial charge on any atom is -0.341 e. The molecule has 4 heteroatoms. The molecule has 1 fully saturated rings. The van der Waals surface area contributed by atoms with Crippen molar-refractivity contribution in [2.75, 3.05) is 13.1 Å². The molecule has 4 rings (SSSR count). The van der Waals surface area contributed by atoms with Gasteiger partial charge in [0.1, 0.15) is 6.04 Å². The molecule has 2 amide bonds. The molecule has 0 saturated carbocycles. The summed E-state index contributed by atoms with van der Waals surface area (Å²) in [5, 5.41) is 3.07. The van der Waals surface area contributed by atoms with Crippen LogP contribution in [0.3, 0.4) is 0 Å². The monoisotopic (exact) mass is 426 g/mol. The minimum absolute atomic E-state index is 0.00673. The number of hydrogen-bond donors (Lipinski definition) is 1. The van der Waals surface area contributed by atoms with Crippen LogP contribution in [-0.4, -0.2) is 35.8 Å². The standard InChI is InChI=1S/C28H30N2O2/c1-21-14-16-24(17-15-21)27(31)29-26(28(32)30-18-8-9-19-30)20-25(22-10-4-2-5-11-22)23-12-6-3-7-13-23/h2-7,10-17,25-26H,8-9,18-20H2,1H3,(H,29,31). The first-order chi connectivity index (χ1) is 15.6. The largest absolute Gasteiger partial charge is 0.341 e. The molecule has 1 aliphatic rings. The van der Waals surface area contributed by atoms with Crippen molar-refractivity contribution in [1.29, 1.82) is 0 Å².